The first-order valence-electron chi connectivity index (χ1n) is 36.0. The molecule has 0 fully saturated rings. The fraction of sp³-hybridized carbons (Fsp3) is 0.0309. The highest BCUT2D eigenvalue weighted by Crippen LogP contribution is 2.56. The van der Waals surface area contributed by atoms with E-state index in [0.29, 0.717) is 0 Å². The fourth-order valence-corrected chi connectivity index (χ4v) is 15.8. The van der Waals surface area contributed by atoms with Crippen molar-refractivity contribution >= 4 is 112 Å². The predicted molar refractivity (Wildman–Crippen MR) is 439 cm³/mol. The lowest BCUT2D eigenvalue weighted by Gasteiger charge is -2.43. The Labute approximate surface area is 615 Å². The zero-order valence-corrected chi connectivity index (χ0v) is 58.4. The van der Waals surface area contributed by atoms with Gasteiger partial charge < -0.3 is 33.5 Å². The maximum Gasteiger partial charge on any atom is 0.153 e. The predicted octanol–water partition coefficient (Wildman–Crippen LogP) is 26.3. The third-order valence-corrected chi connectivity index (χ3v) is 20.8. The summed E-state index contributed by atoms with van der Waals surface area (Å²) in [6.07, 6.45) is 3.97. The zero-order chi connectivity index (χ0) is 70.7. The van der Waals surface area contributed by atoms with E-state index in [1.807, 2.05) is 36.7 Å². The quantitative estimate of drug-likeness (QED) is 0.121. The summed E-state index contributed by atoms with van der Waals surface area (Å²) in [6, 6.07) is 133. The van der Waals surface area contributed by atoms with Crippen molar-refractivity contribution in [3.8, 4) is 45.4 Å². The van der Waals surface area contributed by atoms with Gasteiger partial charge in [-0.1, -0.05) is 220 Å². The first kappa shape index (κ1) is 62.9. The molecule has 0 radical (unpaired) electrons. The maximum absolute atomic E-state index is 6.96. The third kappa shape index (κ3) is 11.0. The van der Waals surface area contributed by atoms with Gasteiger partial charge in [0.25, 0.3) is 0 Å². The summed E-state index contributed by atoms with van der Waals surface area (Å²) >= 11 is 0. The minimum Gasteiger partial charge on any atom is -0.453 e. The number of rotatable bonds is 12. The highest BCUT2D eigenvalue weighted by atomic mass is 16.5. The van der Waals surface area contributed by atoms with Gasteiger partial charge in [-0.2, -0.15) is 0 Å². The molecule has 106 heavy (non-hydrogen) atoms. The van der Waals surface area contributed by atoms with Gasteiger partial charge in [0.05, 0.1) is 91.3 Å². The molecule has 0 amide bonds. The van der Waals surface area contributed by atoms with E-state index in [0.717, 1.165) is 136 Å². The van der Waals surface area contributed by atoms with E-state index in [9.17, 15) is 0 Å². The monoisotopic (exact) mass is 1360 g/mol. The zero-order valence-electron chi connectivity index (χ0n) is 58.4. The first-order chi connectivity index (χ1) is 52.4. The van der Waals surface area contributed by atoms with Crippen LogP contribution in [-0.4, -0.2) is 19.1 Å². The van der Waals surface area contributed by atoms with Crippen molar-refractivity contribution in [1.82, 2.24) is 19.1 Å². The van der Waals surface area contributed by atoms with E-state index < -0.39 is 0 Å². The van der Waals surface area contributed by atoms with Crippen LogP contribution >= 0.6 is 0 Å². The van der Waals surface area contributed by atoms with Crippen LogP contribution in [-0.2, 0) is 5.41 Å². The van der Waals surface area contributed by atoms with Crippen LogP contribution in [0, 0.1) is 0 Å². The molecule has 0 saturated carbocycles. The smallest absolute Gasteiger partial charge is 0.153 e. The Kier molecular flexibility index (Phi) is 15.7. The lowest BCUT2D eigenvalue weighted by Crippen LogP contribution is -2.31. The van der Waals surface area contributed by atoms with Gasteiger partial charge in [-0.15, -0.1) is 0 Å². The summed E-state index contributed by atoms with van der Waals surface area (Å²) in [5.74, 6) is 1.55. The van der Waals surface area contributed by atoms with Gasteiger partial charge in [0.1, 0.15) is 0 Å². The standard InChI is InChI=1S/C50H40N4.C47H30N4O/c1-50(2)45-34-42(52(38-20-10-4-11-21-38)39-22-12-5-13-23-39)29-32-48(45)54(44-28-31-47(51-36-44)37-18-8-3-9-19-37)49-33-30-43(35-46(49)50)53(40-24-14-6-15-25-40)41-26-16-7-17-27-41;1-2-12-31(13-3-1)39-25-22-34(30-48-39)51-44-26-23-32(49-40-18-8-4-14-35(40)36-15-5-9-19-41(36)49)28-46(44)52-47-29-33(24-27-45(47)51)50-42-20-10-6-16-37(42)38-17-7-11-21-43(38)50/h3-36H,1-2H3;1-30H. The average Bonchev–Trinajstić information content (AvgIpc) is 0.965. The highest BCUT2D eigenvalue weighted by molar-refractivity contribution is 6.11. The number of hydrogen-bond donors (Lipinski definition) is 0. The van der Waals surface area contributed by atoms with Crippen LogP contribution in [0.3, 0.4) is 0 Å². The molecule has 0 saturated heterocycles. The average molecular weight is 1360 g/mol. The van der Waals surface area contributed by atoms with Gasteiger partial charge in [0.15, 0.2) is 11.5 Å². The molecule has 0 N–H and O–H groups in total. The molecule has 6 heterocycles. The van der Waals surface area contributed by atoms with E-state index in [2.05, 4.69) is 394 Å². The van der Waals surface area contributed by atoms with Crippen molar-refractivity contribution in [2.45, 2.75) is 19.3 Å². The Balaban J connectivity index is 0.000000145. The fourth-order valence-electron chi connectivity index (χ4n) is 15.8. The van der Waals surface area contributed by atoms with E-state index in [1.165, 1.54) is 32.7 Å². The maximum atomic E-state index is 6.96. The van der Waals surface area contributed by atoms with Crippen LogP contribution in [0.25, 0.3) is 77.5 Å². The second-order valence-corrected chi connectivity index (χ2v) is 27.4. The van der Waals surface area contributed by atoms with Crippen LogP contribution in [0.15, 0.2) is 389 Å². The van der Waals surface area contributed by atoms with Gasteiger partial charge >= 0.3 is 0 Å². The Bertz CT molecular complexity index is 5780. The van der Waals surface area contributed by atoms with Crippen LogP contribution in [0.5, 0.6) is 11.5 Å². The lowest BCUT2D eigenvalue weighted by molar-refractivity contribution is 0.476. The summed E-state index contributed by atoms with van der Waals surface area (Å²) in [7, 11) is 0. The van der Waals surface area contributed by atoms with Gasteiger partial charge in [-0.3, -0.25) is 9.97 Å². The van der Waals surface area contributed by atoms with E-state index in [4.69, 9.17) is 14.7 Å². The van der Waals surface area contributed by atoms with Crippen LogP contribution < -0.4 is 24.3 Å². The van der Waals surface area contributed by atoms with Crippen LogP contribution in [0.4, 0.5) is 68.2 Å². The summed E-state index contributed by atoms with van der Waals surface area (Å²) in [4.78, 5) is 19.3. The van der Waals surface area contributed by atoms with Crippen molar-refractivity contribution < 1.29 is 4.74 Å². The van der Waals surface area contributed by atoms with Gasteiger partial charge in [0, 0.05) is 84.3 Å². The van der Waals surface area contributed by atoms with E-state index >= 15 is 0 Å². The summed E-state index contributed by atoms with van der Waals surface area (Å²) in [6.45, 7) is 4.72. The van der Waals surface area contributed by atoms with E-state index in [1.54, 1.807) is 0 Å². The summed E-state index contributed by atoms with van der Waals surface area (Å²) in [5.41, 5.74) is 25.7. The Hall–Kier alpha value is -14.0. The van der Waals surface area contributed by atoms with Gasteiger partial charge in [0.2, 0.25) is 0 Å². The van der Waals surface area contributed by atoms with Gasteiger partial charge in [-0.05, 0) is 169 Å². The summed E-state index contributed by atoms with van der Waals surface area (Å²) < 4.78 is 11.6. The normalized spacial score (nSPS) is 12.5. The SMILES string of the molecule is CC1(C)c2cc(N(c3ccccc3)c3ccccc3)ccc2N(c2ccc(-c3ccccc3)nc2)c2ccc(N(c3ccccc3)c3ccccc3)cc21.c1ccc(-c2ccc(N3c4ccc(-n5c6ccccc6c6ccccc65)cc4Oc4cc(-n5c6ccccc6c6ccccc65)ccc43)cn2)cc1. The molecule has 2 aliphatic heterocycles. The Morgan fingerprint density at radius 3 is 0.887 bits per heavy atom. The molecule has 9 heteroatoms. The van der Waals surface area contributed by atoms with E-state index in [-0.39, 0.29) is 5.41 Å². The number of aromatic nitrogens is 4. The van der Waals surface area contributed by atoms with Gasteiger partial charge in [-0.25, -0.2) is 0 Å². The number of fused-ring (bicyclic) bond motifs is 10. The first-order valence-corrected chi connectivity index (χ1v) is 36.0. The molecule has 0 spiro atoms. The molecule has 504 valence electrons. The molecule has 0 unspecified atom stereocenters. The number of nitrogens with zero attached hydrogens (tertiary/aromatic N) is 8. The number of anilines is 12. The molecule has 4 aromatic heterocycles. The lowest BCUT2D eigenvalue weighted by atomic mass is 9.73. The molecule has 20 rings (SSSR count). The Morgan fingerprint density at radius 2 is 0.557 bits per heavy atom. The van der Waals surface area contributed by atoms with Crippen molar-refractivity contribution in [3.05, 3.63) is 400 Å². The number of ether oxygens (including phenoxy) is 1. The molecule has 2 aliphatic rings. The molecule has 0 bridgehead atoms. The van der Waals surface area contributed by atoms with Crippen molar-refractivity contribution in [3.63, 3.8) is 0 Å². The minimum absolute atomic E-state index is 0.358. The topological polar surface area (TPSA) is 57.8 Å². The number of hydrogen-bond acceptors (Lipinski definition) is 7. The minimum atomic E-state index is -0.358. The van der Waals surface area contributed by atoms with Crippen LogP contribution in [0.1, 0.15) is 25.0 Å². The second kappa shape index (κ2) is 26.4. The Morgan fingerprint density at radius 1 is 0.264 bits per heavy atom. The van der Waals surface area contributed by atoms with Crippen molar-refractivity contribution in [1.29, 1.82) is 0 Å². The van der Waals surface area contributed by atoms with Crippen molar-refractivity contribution in [2.75, 3.05) is 19.6 Å². The van der Waals surface area contributed by atoms with Crippen molar-refractivity contribution in [2.24, 2.45) is 0 Å². The molecule has 0 aliphatic carbocycles. The summed E-state index contributed by atoms with van der Waals surface area (Å²) in [5, 5.41) is 4.90. The highest BCUT2D eigenvalue weighted by Gasteiger charge is 2.39. The molecule has 14 aromatic carbocycles. The number of pyridine rings is 2. The largest absolute Gasteiger partial charge is 0.453 e. The second-order valence-electron chi connectivity index (χ2n) is 27.4. The van der Waals surface area contributed by atoms with Crippen LogP contribution in [0.2, 0.25) is 0 Å². The third-order valence-electron chi connectivity index (χ3n) is 20.8. The number of para-hydroxylation sites is 8. The molecule has 0 atom stereocenters. The molecule has 9 nitrogen and oxygen atoms in total. The molecule has 18 aromatic rings. The number of benzene rings is 14. The molecular formula is C97H70N8O. The molecular weight excluding hydrogens is 1290 g/mol.